The third kappa shape index (κ3) is 8.60. The van der Waals surface area contributed by atoms with Crippen molar-refractivity contribution in [2.75, 3.05) is 0 Å². The first kappa shape index (κ1) is 47.6. The molecule has 2 aliphatic heterocycles. The normalized spacial score (nSPS) is 11.9. The fourth-order valence-corrected chi connectivity index (χ4v) is 12.2. The van der Waals surface area contributed by atoms with Crippen molar-refractivity contribution in [2.24, 2.45) is 0 Å². The van der Waals surface area contributed by atoms with Gasteiger partial charge in [-0.25, -0.2) is 0 Å². The van der Waals surface area contributed by atoms with Crippen LogP contribution < -0.4 is 35.3 Å². The maximum Gasteiger partial charge on any atom is 0.260 e. The standard InChI is InChI=1S/C38H23BO2.C38H26O2/c1-3-12-24(13-4-1)34-28-18-9-7-16-26(28)22-30-37(34)40-32-20-11-21-33-36(32)39(30)31-23-27-17-8-10-19-29(27)35(38(31)41-33)25-14-5-2-6-15-25;1-3-14-29(15-4-1)37-33-20-9-7-12-27(33)22-24-35(37)39-31-18-11-19-32(26-31)40-36-25-23-28-13-8-10-21-34(28)38(36)30-16-5-2-6-17-30/h1-23H;1-26H. The molecule has 0 saturated heterocycles. The molecule has 16 rings (SSSR count). The molecule has 2 aliphatic rings. The van der Waals surface area contributed by atoms with E-state index < -0.39 is 0 Å². The molecular formula is C76H49BO4. The first-order chi connectivity index (χ1) is 40.2. The summed E-state index contributed by atoms with van der Waals surface area (Å²) in [7, 11) is 0. The van der Waals surface area contributed by atoms with E-state index in [-0.39, 0.29) is 6.71 Å². The number of fused-ring (bicyclic) bond motifs is 8. The Morgan fingerprint density at radius 2 is 0.593 bits per heavy atom. The van der Waals surface area contributed by atoms with Gasteiger partial charge in [0.25, 0.3) is 6.71 Å². The molecule has 0 spiro atoms. The zero-order chi connectivity index (χ0) is 53.6. The van der Waals surface area contributed by atoms with E-state index in [4.69, 9.17) is 18.9 Å². The average Bonchev–Trinajstić information content (AvgIpc) is 3.67. The molecule has 2 heterocycles. The van der Waals surface area contributed by atoms with Gasteiger partial charge in [-0.3, -0.25) is 0 Å². The summed E-state index contributed by atoms with van der Waals surface area (Å²) in [5.41, 5.74) is 12.4. The minimum atomic E-state index is -0.0344. The van der Waals surface area contributed by atoms with Gasteiger partial charge in [0.15, 0.2) is 0 Å². The summed E-state index contributed by atoms with van der Waals surface area (Å²) >= 11 is 0. The van der Waals surface area contributed by atoms with Crippen LogP contribution in [0.15, 0.2) is 297 Å². The lowest BCUT2D eigenvalue weighted by Gasteiger charge is -2.35. The summed E-state index contributed by atoms with van der Waals surface area (Å²) in [6, 6.07) is 103. The van der Waals surface area contributed by atoms with Crippen molar-refractivity contribution in [3.05, 3.63) is 297 Å². The quantitative estimate of drug-likeness (QED) is 0.142. The van der Waals surface area contributed by atoms with Crippen LogP contribution >= 0.6 is 0 Å². The van der Waals surface area contributed by atoms with Crippen LogP contribution in [-0.2, 0) is 0 Å². The van der Waals surface area contributed by atoms with E-state index in [2.05, 4.69) is 255 Å². The zero-order valence-corrected chi connectivity index (χ0v) is 44.0. The predicted molar refractivity (Wildman–Crippen MR) is 335 cm³/mol. The molecule has 0 amide bonds. The smallest absolute Gasteiger partial charge is 0.260 e. The Kier molecular flexibility index (Phi) is 11.9. The van der Waals surface area contributed by atoms with Gasteiger partial charge in [-0.1, -0.05) is 255 Å². The molecule has 5 heteroatoms. The molecule has 14 aromatic rings. The second kappa shape index (κ2) is 20.3. The van der Waals surface area contributed by atoms with Crippen LogP contribution in [0.4, 0.5) is 0 Å². The molecule has 0 fully saturated rings. The minimum absolute atomic E-state index is 0.0344. The molecule has 0 aromatic heterocycles. The molecular weight excluding hydrogens is 988 g/mol. The Labute approximate surface area is 470 Å². The van der Waals surface area contributed by atoms with Crippen molar-refractivity contribution in [3.8, 4) is 90.5 Å². The lowest BCUT2D eigenvalue weighted by molar-refractivity contribution is 0.462. The van der Waals surface area contributed by atoms with Crippen molar-refractivity contribution >= 4 is 66.2 Å². The molecule has 380 valence electrons. The van der Waals surface area contributed by atoms with Crippen LogP contribution in [0, 0.1) is 0 Å². The van der Waals surface area contributed by atoms with Crippen LogP contribution in [0.25, 0.3) is 87.6 Å². The SMILES string of the molecule is c1ccc(-c2c(Oc3cccc(Oc4ccc5ccccc5c4-c4ccccc4)c3)ccc3ccccc23)cc1.c1ccc(-c2c3c(cc4ccccc24)B2c4cc5ccccc5c(-c5ccccc5)c4Oc4cccc(c42)O3)cc1. The molecule has 81 heavy (non-hydrogen) atoms. The summed E-state index contributed by atoms with van der Waals surface area (Å²) in [4.78, 5) is 0. The Balaban J connectivity index is 0.000000139. The van der Waals surface area contributed by atoms with E-state index in [0.29, 0.717) is 11.5 Å². The van der Waals surface area contributed by atoms with Crippen LogP contribution in [0.2, 0.25) is 0 Å². The Bertz CT molecular complexity index is 4410. The minimum Gasteiger partial charge on any atom is -0.458 e. The Morgan fingerprint density at radius 1 is 0.259 bits per heavy atom. The number of hydrogen-bond acceptors (Lipinski definition) is 4. The van der Waals surface area contributed by atoms with E-state index in [9.17, 15) is 0 Å². The maximum atomic E-state index is 6.86. The second-order valence-electron chi connectivity index (χ2n) is 20.5. The van der Waals surface area contributed by atoms with E-state index >= 15 is 0 Å². The first-order valence-electron chi connectivity index (χ1n) is 27.5. The highest BCUT2D eigenvalue weighted by molar-refractivity contribution is 6.98. The van der Waals surface area contributed by atoms with Gasteiger partial charge in [-0.15, -0.1) is 0 Å². The number of hydrogen-bond donors (Lipinski definition) is 0. The third-order valence-electron chi connectivity index (χ3n) is 15.7. The lowest BCUT2D eigenvalue weighted by Crippen LogP contribution is -2.57. The predicted octanol–water partition coefficient (Wildman–Crippen LogP) is 19.0. The van der Waals surface area contributed by atoms with E-state index in [1.54, 1.807) is 0 Å². The Morgan fingerprint density at radius 3 is 1.00 bits per heavy atom. The summed E-state index contributed by atoms with van der Waals surface area (Å²) in [6.45, 7) is -0.0344. The highest BCUT2D eigenvalue weighted by Gasteiger charge is 2.42. The molecule has 14 aromatic carbocycles. The van der Waals surface area contributed by atoms with E-state index in [0.717, 1.165) is 95.2 Å². The molecule has 4 nitrogen and oxygen atoms in total. The van der Waals surface area contributed by atoms with Crippen LogP contribution in [0.1, 0.15) is 0 Å². The van der Waals surface area contributed by atoms with Crippen LogP contribution in [-0.4, -0.2) is 6.71 Å². The number of benzene rings is 14. The summed E-state index contributed by atoms with van der Waals surface area (Å²) < 4.78 is 26.8. The van der Waals surface area contributed by atoms with Crippen molar-refractivity contribution < 1.29 is 18.9 Å². The first-order valence-corrected chi connectivity index (χ1v) is 27.5. The molecule has 0 atom stereocenters. The van der Waals surface area contributed by atoms with Crippen molar-refractivity contribution in [1.29, 1.82) is 0 Å². The largest absolute Gasteiger partial charge is 0.458 e. The molecule has 0 saturated carbocycles. The zero-order valence-electron chi connectivity index (χ0n) is 44.0. The monoisotopic (exact) mass is 1040 g/mol. The average molecular weight is 1040 g/mol. The molecule has 0 radical (unpaired) electrons. The van der Waals surface area contributed by atoms with Gasteiger partial charge in [0.05, 0.1) is 0 Å². The van der Waals surface area contributed by atoms with Crippen LogP contribution in [0.3, 0.4) is 0 Å². The van der Waals surface area contributed by atoms with E-state index in [1.165, 1.54) is 43.2 Å². The van der Waals surface area contributed by atoms with Crippen molar-refractivity contribution in [3.63, 3.8) is 0 Å². The molecule has 0 aliphatic carbocycles. The van der Waals surface area contributed by atoms with E-state index in [1.807, 2.05) is 42.5 Å². The molecule has 0 unspecified atom stereocenters. The number of ether oxygens (including phenoxy) is 4. The van der Waals surface area contributed by atoms with Gasteiger partial charge in [0, 0.05) is 33.8 Å². The molecule has 0 N–H and O–H groups in total. The van der Waals surface area contributed by atoms with Gasteiger partial charge in [-0.2, -0.15) is 0 Å². The van der Waals surface area contributed by atoms with Crippen molar-refractivity contribution in [1.82, 2.24) is 0 Å². The van der Waals surface area contributed by atoms with Gasteiger partial charge in [-0.05, 0) is 113 Å². The third-order valence-corrected chi connectivity index (χ3v) is 15.7. The van der Waals surface area contributed by atoms with Crippen molar-refractivity contribution in [2.45, 2.75) is 0 Å². The van der Waals surface area contributed by atoms with Gasteiger partial charge in [0.2, 0.25) is 0 Å². The summed E-state index contributed by atoms with van der Waals surface area (Å²) in [6.07, 6.45) is 0. The highest BCUT2D eigenvalue weighted by atomic mass is 16.5. The molecule has 0 bridgehead atoms. The van der Waals surface area contributed by atoms with Gasteiger partial charge >= 0.3 is 0 Å². The lowest BCUT2D eigenvalue weighted by atomic mass is 9.34. The second-order valence-corrected chi connectivity index (χ2v) is 20.5. The maximum absolute atomic E-state index is 6.86. The van der Waals surface area contributed by atoms with Gasteiger partial charge in [0.1, 0.15) is 46.0 Å². The highest BCUT2D eigenvalue weighted by Crippen LogP contribution is 2.47. The number of rotatable bonds is 8. The Hall–Kier alpha value is -10.6. The van der Waals surface area contributed by atoms with Crippen LogP contribution in [0.5, 0.6) is 46.0 Å². The van der Waals surface area contributed by atoms with Gasteiger partial charge < -0.3 is 18.9 Å². The fourth-order valence-electron chi connectivity index (χ4n) is 12.2. The summed E-state index contributed by atoms with van der Waals surface area (Å²) in [5.74, 6) is 6.59. The fraction of sp³-hybridized carbons (Fsp3) is 0. The topological polar surface area (TPSA) is 36.9 Å². The summed E-state index contributed by atoms with van der Waals surface area (Å²) in [5, 5.41) is 9.44.